The summed E-state index contributed by atoms with van der Waals surface area (Å²) in [7, 11) is 0. The molecule has 0 aliphatic carbocycles. The second kappa shape index (κ2) is 11.9. The van der Waals surface area contributed by atoms with Gasteiger partial charge in [-0.15, -0.1) is 11.3 Å². The first-order valence-corrected chi connectivity index (χ1v) is 12.2. The fourth-order valence-electron chi connectivity index (χ4n) is 4.32. The van der Waals surface area contributed by atoms with Crippen molar-refractivity contribution < 1.29 is 4.74 Å². The molecule has 2 atom stereocenters. The number of aliphatic imine (C=N–C) groups is 1. The number of likely N-dealkylation sites (tertiary alicyclic amines) is 1. The van der Waals surface area contributed by atoms with Gasteiger partial charge in [0.1, 0.15) is 0 Å². The van der Waals surface area contributed by atoms with Crippen LogP contribution < -0.4 is 10.6 Å². The third-order valence-corrected chi connectivity index (χ3v) is 6.95. The van der Waals surface area contributed by atoms with Crippen LogP contribution in [-0.4, -0.2) is 80.8 Å². The van der Waals surface area contributed by atoms with Crippen molar-refractivity contribution in [3.8, 4) is 0 Å². The zero-order valence-corrected chi connectivity index (χ0v) is 19.2. The van der Waals surface area contributed by atoms with Crippen molar-refractivity contribution in [2.45, 2.75) is 45.7 Å². The van der Waals surface area contributed by atoms with Crippen LogP contribution in [0.2, 0.25) is 0 Å². The van der Waals surface area contributed by atoms with Crippen LogP contribution in [0.1, 0.15) is 44.5 Å². The Labute approximate surface area is 180 Å². The van der Waals surface area contributed by atoms with Gasteiger partial charge in [-0.25, -0.2) is 0 Å². The lowest BCUT2D eigenvalue weighted by atomic mass is 10.0. The van der Waals surface area contributed by atoms with Crippen LogP contribution in [-0.2, 0) is 4.74 Å². The molecule has 0 spiro atoms. The summed E-state index contributed by atoms with van der Waals surface area (Å²) in [6.45, 7) is 15.4. The van der Waals surface area contributed by atoms with Crippen molar-refractivity contribution in [1.29, 1.82) is 0 Å². The van der Waals surface area contributed by atoms with Gasteiger partial charge >= 0.3 is 0 Å². The molecule has 1 aromatic heterocycles. The molecule has 29 heavy (non-hydrogen) atoms. The quantitative estimate of drug-likeness (QED) is 0.474. The van der Waals surface area contributed by atoms with E-state index >= 15 is 0 Å². The Morgan fingerprint density at radius 1 is 1.14 bits per heavy atom. The Bertz CT molecular complexity index is 594. The zero-order valence-electron chi connectivity index (χ0n) is 18.4. The van der Waals surface area contributed by atoms with E-state index in [1.54, 1.807) is 0 Å². The Morgan fingerprint density at radius 2 is 1.90 bits per heavy atom. The molecule has 3 rings (SSSR count). The molecule has 0 radical (unpaired) electrons. The minimum absolute atomic E-state index is 0.432. The second-order valence-corrected chi connectivity index (χ2v) is 9.31. The van der Waals surface area contributed by atoms with E-state index in [2.05, 4.69) is 58.7 Å². The van der Waals surface area contributed by atoms with Crippen LogP contribution in [0.15, 0.2) is 22.5 Å². The second-order valence-electron chi connectivity index (χ2n) is 8.33. The molecule has 2 unspecified atom stereocenters. The smallest absolute Gasteiger partial charge is 0.191 e. The maximum atomic E-state index is 5.54. The number of ether oxygens (including phenoxy) is 1. The van der Waals surface area contributed by atoms with Gasteiger partial charge in [0, 0.05) is 37.1 Å². The van der Waals surface area contributed by atoms with Crippen molar-refractivity contribution in [3.05, 3.63) is 22.4 Å². The van der Waals surface area contributed by atoms with Crippen LogP contribution >= 0.6 is 11.3 Å². The fourth-order valence-corrected chi connectivity index (χ4v) is 5.18. The summed E-state index contributed by atoms with van der Waals surface area (Å²) in [6.07, 6.45) is 2.62. The lowest BCUT2D eigenvalue weighted by Gasteiger charge is -2.36. The van der Waals surface area contributed by atoms with Gasteiger partial charge in [0.25, 0.3) is 0 Å². The third-order valence-electron chi connectivity index (χ3n) is 5.98. The molecule has 0 saturated carbocycles. The predicted molar refractivity (Wildman–Crippen MR) is 123 cm³/mol. The number of guanidine groups is 1. The van der Waals surface area contributed by atoms with Crippen LogP contribution in [0.5, 0.6) is 0 Å². The molecule has 7 heteroatoms. The molecule has 6 nitrogen and oxygen atoms in total. The van der Waals surface area contributed by atoms with E-state index in [1.165, 1.54) is 30.8 Å². The zero-order chi connectivity index (χ0) is 20.5. The molecule has 1 aromatic rings. The number of hydrogen-bond donors (Lipinski definition) is 2. The molecule has 0 aromatic carbocycles. The van der Waals surface area contributed by atoms with E-state index in [9.17, 15) is 0 Å². The predicted octanol–water partition coefficient (Wildman–Crippen LogP) is 2.80. The van der Waals surface area contributed by atoms with Crippen molar-refractivity contribution in [2.24, 2.45) is 10.9 Å². The molecule has 0 amide bonds. The lowest BCUT2D eigenvalue weighted by Crippen LogP contribution is -2.48. The van der Waals surface area contributed by atoms with E-state index in [1.807, 2.05) is 11.3 Å². The van der Waals surface area contributed by atoms with Crippen LogP contribution in [0.3, 0.4) is 0 Å². The highest BCUT2D eigenvalue weighted by molar-refractivity contribution is 7.10. The SMILES string of the molecule is CCNC(=NCC(C(C)C)N1CCOCC1)NCC(c1cccs1)N1CCCC1. The van der Waals surface area contributed by atoms with E-state index in [0.29, 0.717) is 18.0 Å². The van der Waals surface area contributed by atoms with Crippen molar-refractivity contribution >= 4 is 17.3 Å². The Morgan fingerprint density at radius 3 is 2.52 bits per heavy atom. The van der Waals surface area contributed by atoms with Crippen molar-refractivity contribution in [1.82, 2.24) is 20.4 Å². The Kier molecular flexibility index (Phi) is 9.24. The molecule has 3 heterocycles. The van der Waals surface area contributed by atoms with Crippen LogP contribution in [0.4, 0.5) is 0 Å². The first-order chi connectivity index (χ1) is 14.2. The Hall–Kier alpha value is -1.15. The van der Waals surface area contributed by atoms with Gasteiger partial charge in [-0.2, -0.15) is 0 Å². The monoisotopic (exact) mass is 421 g/mol. The maximum absolute atomic E-state index is 5.54. The highest BCUT2D eigenvalue weighted by Crippen LogP contribution is 2.27. The van der Waals surface area contributed by atoms with E-state index in [0.717, 1.165) is 51.9 Å². The number of nitrogens with zero attached hydrogens (tertiary/aromatic N) is 3. The molecule has 2 saturated heterocycles. The number of nitrogens with one attached hydrogen (secondary N) is 2. The molecule has 2 aliphatic heterocycles. The van der Waals surface area contributed by atoms with Gasteiger partial charge in [-0.3, -0.25) is 14.8 Å². The number of rotatable bonds is 9. The average molecular weight is 422 g/mol. The van der Waals surface area contributed by atoms with E-state index < -0.39 is 0 Å². The molecule has 2 fully saturated rings. The number of morpholine rings is 1. The van der Waals surface area contributed by atoms with E-state index in [-0.39, 0.29) is 0 Å². The minimum atomic E-state index is 0.432. The maximum Gasteiger partial charge on any atom is 0.191 e. The lowest BCUT2D eigenvalue weighted by molar-refractivity contribution is 0.00867. The largest absolute Gasteiger partial charge is 0.379 e. The Balaban J connectivity index is 1.62. The molecule has 2 N–H and O–H groups in total. The summed E-state index contributed by atoms with van der Waals surface area (Å²) in [5, 5.41) is 9.28. The molecular weight excluding hydrogens is 382 g/mol. The standard InChI is InChI=1S/C22H39N5OS/c1-4-23-22(24-16-19(18(2)3)27-11-13-28-14-12-27)25-17-20(21-8-7-15-29-21)26-9-5-6-10-26/h7-8,15,18-20H,4-6,9-14,16-17H2,1-3H3,(H2,23,24,25). The molecular formula is C22H39N5OS. The highest BCUT2D eigenvalue weighted by atomic mass is 32.1. The first-order valence-electron chi connectivity index (χ1n) is 11.3. The van der Waals surface area contributed by atoms with E-state index in [4.69, 9.17) is 9.73 Å². The highest BCUT2D eigenvalue weighted by Gasteiger charge is 2.25. The van der Waals surface area contributed by atoms with Crippen molar-refractivity contribution in [3.63, 3.8) is 0 Å². The summed E-state index contributed by atoms with van der Waals surface area (Å²) in [5.41, 5.74) is 0. The van der Waals surface area contributed by atoms with Crippen LogP contribution in [0.25, 0.3) is 0 Å². The third kappa shape index (κ3) is 6.67. The van der Waals surface area contributed by atoms with Gasteiger partial charge in [0.2, 0.25) is 0 Å². The average Bonchev–Trinajstić information content (AvgIpc) is 3.43. The summed E-state index contributed by atoms with van der Waals surface area (Å²) >= 11 is 1.86. The number of hydrogen-bond acceptors (Lipinski definition) is 5. The van der Waals surface area contributed by atoms with Gasteiger partial charge in [0.15, 0.2) is 5.96 Å². The van der Waals surface area contributed by atoms with Gasteiger partial charge in [-0.1, -0.05) is 19.9 Å². The number of thiophene rings is 1. The fraction of sp³-hybridized carbons (Fsp3) is 0.773. The summed E-state index contributed by atoms with van der Waals surface area (Å²) in [6, 6.07) is 5.33. The first kappa shape index (κ1) is 22.5. The summed E-state index contributed by atoms with van der Waals surface area (Å²) < 4.78 is 5.54. The normalized spacial score (nSPS) is 21.4. The topological polar surface area (TPSA) is 52.1 Å². The van der Waals surface area contributed by atoms with Gasteiger partial charge < -0.3 is 15.4 Å². The molecule has 2 aliphatic rings. The minimum Gasteiger partial charge on any atom is -0.379 e. The summed E-state index contributed by atoms with van der Waals surface area (Å²) in [4.78, 5) is 11.6. The molecule has 0 bridgehead atoms. The van der Waals surface area contributed by atoms with Gasteiger partial charge in [0.05, 0.1) is 25.8 Å². The summed E-state index contributed by atoms with van der Waals surface area (Å²) in [5.74, 6) is 1.51. The van der Waals surface area contributed by atoms with Crippen LogP contribution in [0, 0.1) is 5.92 Å². The van der Waals surface area contributed by atoms with Crippen molar-refractivity contribution in [2.75, 3.05) is 59.0 Å². The molecule has 164 valence electrons. The van der Waals surface area contributed by atoms with Gasteiger partial charge in [-0.05, 0) is 50.2 Å².